The molecule has 0 spiro atoms. The molecule has 1 fully saturated rings. The summed E-state index contributed by atoms with van der Waals surface area (Å²) in [5, 5.41) is 0. The lowest BCUT2D eigenvalue weighted by Crippen LogP contribution is -2.34. The Morgan fingerprint density at radius 2 is 1.57 bits per heavy atom. The van der Waals surface area contributed by atoms with E-state index in [1.54, 1.807) is 7.11 Å². The van der Waals surface area contributed by atoms with Gasteiger partial charge >= 0.3 is 0 Å². The smallest absolute Gasteiger partial charge is 0.141 e. The number of rotatable bonds is 11. The molecule has 1 unspecified atom stereocenters. The van der Waals surface area contributed by atoms with Crippen molar-refractivity contribution in [3.05, 3.63) is 95.2 Å². The molecule has 4 aromatic rings. The summed E-state index contributed by atoms with van der Waals surface area (Å²) in [6, 6.07) is 26.8. The average molecular weight is 536 g/mol. The second-order valence-electron chi connectivity index (χ2n) is 11.0. The molecule has 0 radical (unpaired) electrons. The van der Waals surface area contributed by atoms with Gasteiger partial charge in [0, 0.05) is 30.3 Å². The number of unbranched alkanes of at least 4 members (excludes halogenated alkanes) is 1. The molecule has 3 aromatic carbocycles. The quantitative estimate of drug-likeness (QED) is 0.192. The maximum atomic E-state index is 5.53. The van der Waals surface area contributed by atoms with E-state index in [1.807, 2.05) is 0 Å². The number of aryl methyl sites for hydroxylation is 2. The minimum Gasteiger partial charge on any atom is -0.497 e. The van der Waals surface area contributed by atoms with Gasteiger partial charge in [0.2, 0.25) is 0 Å². The molecule has 210 valence electrons. The van der Waals surface area contributed by atoms with Crippen molar-refractivity contribution in [1.82, 2.24) is 14.5 Å². The maximum Gasteiger partial charge on any atom is 0.141 e. The molecular weight excluding hydrogens is 490 g/mol. The zero-order valence-electron chi connectivity index (χ0n) is 24.8. The van der Waals surface area contributed by atoms with Crippen LogP contribution < -0.4 is 4.74 Å². The van der Waals surface area contributed by atoms with Gasteiger partial charge in [0.25, 0.3) is 0 Å². The Labute approximate surface area is 241 Å². The van der Waals surface area contributed by atoms with Gasteiger partial charge in [-0.25, -0.2) is 4.98 Å². The van der Waals surface area contributed by atoms with E-state index in [4.69, 9.17) is 9.72 Å². The van der Waals surface area contributed by atoms with Crippen LogP contribution in [0, 0.1) is 0 Å². The van der Waals surface area contributed by atoms with E-state index in [0.29, 0.717) is 6.04 Å². The minimum absolute atomic E-state index is 0.399. The minimum atomic E-state index is 0.399. The summed E-state index contributed by atoms with van der Waals surface area (Å²) in [5.74, 6) is 2.07. The predicted octanol–water partition coefficient (Wildman–Crippen LogP) is 8.88. The molecule has 1 aliphatic heterocycles. The third-order valence-electron chi connectivity index (χ3n) is 8.54. The molecule has 0 saturated carbocycles. The number of piperidine rings is 1. The van der Waals surface area contributed by atoms with Crippen molar-refractivity contribution in [3.63, 3.8) is 0 Å². The number of benzene rings is 3. The van der Waals surface area contributed by atoms with Crippen LogP contribution in [0.1, 0.15) is 81.3 Å². The van der Waals surface area contributed by atoms with Gasteiger partial charge in [-0.2, -0.15) is 0 Å². The van der Waals surface area contributed by atoms with E-state index in [-0.39, 0.29) is 0 Å². The largest absolute Gasteiger partial charge is 0.497 e. The van der Waals surface area contributed by atoms with E-state index in [2.05, 4.69) is 103 Å². The standard InChI is InChI=1S/C36H45N3O/c1-5-8-25-39-33(26-38-24-13-12-19-32(38)29-20-22-31(40-4)23-21-29)35(30-15-10-9-11-16-30)37-36(39)34-27(6-2)17-14-18-28(34)7-3/h9-11,14-18,20-23,32H,5-8,12-13,19,24-26H2,1-4H3. The summed E-state index contributed by atoms with van der Waals surface area (Å²) in [5.41, 5.74) is 9.20. The highest BCUT2D eigenvalue weighted by molar-refractivity contribution is 5.72. The molecule has 1 saturated heterocycles. The highest BCUT2D eigenvalue weighted by Crippen LogP contribution is 2.38. The molecule has 4 heteroatoms. The van der Waals surface area contributed by atoms with E-state index in [9.17, 15) is 0 Å². The second-order valence-corrected chi connectivity index (χ2v) is 11.0. The number of ether oxygens (including phenoxy) is 1. The van der Waals surface area contributed by atoms with Crippen LogP contribution in [0.4, 0.5) is 0 Å². The van der Waals surface area contributed by atoms with Crippen molar-refractivity contribution >= 4 is 0 Å². The van der Waals surface area contributed by atoms with Crippen LogP contribution in [0.25, 0.3) is 22.6 Å². The lowest BCUT2D eigenvalue weighted by molar-refractivity contribution is 0.137. The topological polar surface area (TPSA) is 30.3 Å². The third-order valence-corrected chi connectivity index (χ3v) is 8.54. The maximum absolute atomic E-state index is 5.53. The lowest BCUT2D eigenvalue weighted by atomic mass is 9.94. The zero-order valence-corrected chi connectivity index (χ0v) is 24.8. The molecule has 4 nitrogen and oxygen atoms in total. The van der Waals surface area contributed by atoms with Crippen LogP contribution in [-0.2, 0) is 25.9 Å². The first kappa shape index (κ1) is 28.2. The Kier molecular flexibility index (Phi) is 9.38. The van der Waals surface area contributed by atoms with E-state index < -0.39 is 0 Å². The molecule has 1 atom stereocenters. The SMILES string of the molecule is CCCCn1c(-c2c(CC)cccc2CC)nc(-c2ccccc2)c1CN1CCCCC1c1ccc(OC)cc1. The van der Waals surface area contributed by atoms with Crippen molar-refractivity contribution in [2.24, 2.45) is 0 Å². The number of methoxy groups -OCH3 is 1. The van der Waals surface area contributed by atoms with Gasteiger partial charge in [-0.05, 0) is 67.5 Å². The van der Waals surface area contributed by atoms with Crippen molar-refractivity contribution < 1.29 is 4.74 Å². The van der Waals surface area contributed by atoms with Crippen molar-refractivity contribution in [1.29, 1.82) is 0 Å². The number of hydrogen-bond donors (Lipinski definition) is 0. The Morgan fingerprint density at radius 3 is 2.23 bits per heavy atom. The molecule has 2 heterocycles. The summed E-state index contributed by atoms with van der Waals surface area (Å²) < 4.78 is 8.04. The number of hydrogen-bond acceptors (Lipinski definition) is 3. The molecule has 0 amide bonds. The molecule has 5 rings (SSSR count). The van der Waals surface area contributed by atoms with Gasteiger partial charge in [0.05, 0.1) is 18.5 Å². The molecule has 1 aromatic heterocycles. The van der Waals surface area contributed by atoms with Gasteiger partial charge < -0.3 is 9.30 Å². The van der Waals surface area contributed by atoms with E-state index in [0.717, 1.165) is 62.6 Å². The van der Waals surface area contributed by atoms with E-state index >= 15 is 0 Å². The molecular formula is C36H45N3O. The number of aromatic nitrogens is 2. The highest BCUT2D eigenvalue weighted by Gasteiger charge is 2.29. The first-order valence-electron chi connectivity index (χ1n) is 15.3. The number of imidazole rings is 1. The lowest BCUT2D eigenvalue weighted by Gasteiger charge is -2.36. The molecule has 1 aliphatic rings. The molecule has 0 N–H and O–H groups in total. The summed E-state index contributed by atoms with van der Waals surface area (Å²) in [6.45, 7) is 9.81. The number of nitrogens with zero attached hydrogens (tertiary/aromatic N) is 3. The normalized spacial score (nSPS) is 15.8. The summed E-state index contributed by atoms with van der Waals surface area (Å²) in [6.07, 6.45) is 8.00. The first-order chi connectivity index (χ1) is 19.7. The molecule has 0 bridgehead atoms. The van der Waals surface area contributed by atoms with Crippen LogP contribution in [-0.4, -0.2) is 28.1 Å². The second kappa shape index (κ2) is 13.3. The molecule has 40 heavy (non-hydrogen) atoms. The van der Waals surface area contributed by atoms with E-state index in [1.165, 1.54) is 52.8 Å². The highest BCUT2D eigenvalue weighted by atomic mass is 16.5. The zero-order chi connectivity index (χ0) is 27.9. The predicted molar refractivity (Wildman–Crippen MR) is 167 cm³/mol. The van der Waals surface area contributed by atoms with Crippen molar-refractivity contribution in [3.8, 4) is 28.4 Å². The fraction of sp³-hybridized carbons (Fsp3) is 0.417. The van der Waals surface area contributed by atoms with Gasteiger partial charge in [-0.15, -0.1) is 0 Å². The fourth-order valence-corrected chi connectivity index (χ4v) is 6.33. The van der Waals surface area contributed by atoms with Crippen LogP contribution in [0.3, 0.4) is 0 Å². The fourth-order valence-electron chi connectivity index (χ4n) is 6.33. The van der Waals surface area contributed by atoms with Crippen molar-refractivity contribution in [2.45, 2.75) is 84.8 Å². The third kappa shape index (κ3) is 5.88. The average Bonchev–Trinajstić information content (AvgIpc) is 3.37. The molecule has 0 aliphatic carbocycles. The van der Waals surface area contributed by atoms with Crippen LogP contribution in [0.15, 0.2) is 72.8 Å². The first-order valence-corrected chi connectivity index (χ1v) is 15.3. The summed E-state index contributed by atoms with van der Waals surface area (Å²) in [7, 11) is 1.74. The Bertz CT molecular complexity index is 1350. The summed E-state index contributed by atoms with van der Waals surface area (Å²) in [4.78, 5) is 8.23. The van der Waals surface area contributed by atoms with Gasteiger partial charge in [-0.1, -0.05) is 94.3 Å². The van der Waals surface area contributed by atoms with Gasteiger partial charge in [-0.3, -0.25) is 4.90 Å². The Morgan fingerprint density at radius 1 is 0.850 bits per heavy atom. The van der Waals surface area contributed by atoms with Crippen LogP contribution >= 0.6 is 0 Å². The Hall–Kier alpha value is -3.37. The van der Waals surface area contributed by atoms with Crippen molar-refractivity contribution in [2.75, 3.05) is 13.7 Å². The monoisotopic (exact) mass is 535 g/mol. The van der Waals surface area contributed by atoms with Gasteiger partial charge in [0.15, 0.2) is 0 Å². The summed E-state index contributed by atoms with van der Waals surface area (Å²) >= 11 is 0. The van der Waals surface area contributed by atoms with Gasteiger partial charge in [0.1, 0.15) is 11.6 Å². The van der Waals surface area contributed by atoms with Crippen LogP contribution in [0.5, 0.6) is 5.75 Å². The Balaban J connectivity index is 1.66. The van der Waals surface area contributed by atoms with Crippen LogP contribution in [0.2, 0.25) is 0 Å². The number of likely N-dealkylation sites (tertiary alicyclic amines) is 1.